The second-order valence-corrected chi connectivity index (χ2v) is 2.84. The highest BCUT2D eigenvalue weighted by Gasteiger charge is 2.19. The van der Waals surface area contributed by atoms with Gasteiger partial charge in [-0.25, -0.2) is 4.79 Å². The zero-order valence-corrected chi connectivity index (χ0v) is 7.29. The average Bonchev–Trinajstić information content (AvgIpc) is 1.98. The minimum absolute atomic E-state index is 0.247. The highest BCUT2D eigenvalue weighted by Crippen LogP contribution is 2.09. The lowest BCUT2D eigenvalue weighted by Gasteiger charge is -2.24. The molecule has 0 atom stereocenters. The van der Waals surface area contributed by atoms with Crippen LogP contribution >= 0.6 is 0 Å². The van der Waals surface area contributed by atoms with Crippen LogP contribution < -0.4 is 0 Å². The van der Waals surface area contributed by atoms with Gasteiger partial charge in [-0.15, -0.1) is 0 Å². The summed E-state index contributed by atoms with van der Waals surface area (Å²) >= 11 is 0. The molecule has 0 aliphatic carbocycles. The molecule has 68 valence electrons. The van der Waals surface area contributed by atoms with E-state index in [9.17, 15) is 4.79 Å². The van der Waals surface area contributed by atoms with Crippen LogP contribution in [0.4, 0.5) is 0 Å². The number of ether oxygens (including phenoxy) is 2. The van der Waals surface area contributed by atoms with Gasteiger partial charge >= 0.3 is 5.97 Å². The van der Waals surface area contributed by atoms with Crippen molar-refractivity contribution in [3.8, 4) is 0 Å². The van der Waals surface area contributed by atoms with Crippen LogP contribution in [-0.4, -0.2) is 25.8 Å². The monoisotopic (exact) mass is 170 g/mol. The smallest absolute Gasteiger partial charge is 0.330 e. The topological polar surface area (TPSA) is 35.5 Å². The Morgan fingerprint density at radius 1 is 1.67 bits per heavy atom. The van der Waals surface area contributed by atoms with Gasteiger partial charge in [0.2, 0.25) is 0 Å². The minimum atomic E-state index is -0.247. The third-order valence-electron chi connectivity index (χ3n) is 1.66. The average molecular weight is 170 g/mol. The molecule has 1 heterocycles. The molecule has 0 saturated carbocycles. The fourth-order valence-corrected chi connectivity index (χ4v) is 0.843. The molecule has 1 aliphatic rings. The van der Waals surface area contributed by atoms with Crippen LogP contribution in [0.15, 0.2) is 12.2 Å². The first-order valence-corrected chi connectivity index (χ1v) is 4.24. The van der Waals surface area contributed by atoms with Gasteiger partial charge in [0.1, 0.15) is 0 Å². The number of esters is 1. The SMILES string of the molecule is CCC=CC(=O)OCC1COC1. The van der Waals surface area contributed by atoms with E-state index in [1.165, 1.54) is 6.08 Å². The molecule has 1 rings (SSSR count). The van der Waals surface area contributed by atoms with Crippen LogP contribution in [0, 0.1) is 5.92 Å². The van der Waals surface area contributed by atoms with Crippen LogP contribution in [-0.2, 0) is 14.3 Å². The van der Waals surface area contributed by atoms with Gasteiger partial charge in [0.25, 0.3) is 0 Å². The van der Waals surface area contributed by atoms with E-state index in [0.717, 1.165) is 19.6 Å². The summed E-state index contributed by atoms with van der Waals surface area (Å²) in [6.45, 7) is 3.92. The molecular formula is C9H14O3. The van der Waals surface area contributed by atoms with Crippen molar-refractivity contribution in [3.63, 3.8) is 0 Å². The summed E-state index contributed by atoms with van der Waals surface area (Å²) < 4.78 is 9.88. The molecule has 12 heavy (non-hydrogen) atoms. The Hall–Kier alpha value is -0.830. The van der Waals surface area contributed by atoms with Crippen LogP contribution in [0.25, 0.3) is 0 Å². The first-order chi connectivity index (χ1) is 5.83. The first-order valence-electron chi connectivity index (χ1n) is 4.24. The van der Waals surface area contributed by atoms with Gasteiger partial charge in [-0.05, 0) is 6.42 Å². The van der Waals surface area contributed by atoms with Gasteiger partial charge in [0.15, 0.2) is 0 Å². The molecule has 0 bridgehead atoms. The van der Waals surface area contributed by atoms with E-state index in [2.05, 4.69) is 0 Å². The van der Waals surface area contributed by atoms with E-state index in [1.54, 1.807) is 6.08 Å². The Morgan fingerprint density at radius 3 is 2.92 bits per heavy atom. The molecule has 1 fully saturated rings. The maximum absolute atomic E-state index is 10.9. The Morgan fingerprint density at radius 2 is 2.42 bits per heavy atom. The highest BCUT2D eigenvalue weighted by atomic mass is 16.5. The summed E-state index contributed by atoms with van der Waals surface area (Å²) in [4.78, 5) is 10.9. The summed E-state index contributed by atoms with van der Waals surface area (Å²) in [5.41, 5.74) is 0. The quantitative estimate of drug-likeness (QED) is 0.469. The third-order valence-corrected chi connectivity index (χ3v) is 1.66. The molecule has 0 radical (unpaired) electrons. The van der Waals surface area contributed by atoms with Crippen molar-refractivity contribution in [2.45, 2.75) is 13.3 Å². The van der Waals surface area contributed by atoms with E-state index >= 15 is 0 Å². The predicted octanol–water partition coefficient (Wildman–Crippen LogP) is 1.14. The van der Waals surface area contributed by atoms with Crippen molar-refractivity contribution < 1.29 is 14.3 Å². The van der Waals surface area contributed by atoms with E-state index in [0.29, 0.717) is 12.5 Å². The molecule has 3 heteroatoms. The fourth-order valence-electron chi connectivity index (χ4n) is 0.843. The van der Waals surface area contributed by atoms with Gasteiger partial charge in [-0.1, -0.05) is 13.0 Å². The summed E-state index contributed by atoms with van der Waals surface area (Å²) in [7, 11) is 0. The molecule has 0 N–H and O–H groups in total. The lowest BCUT2D eigenvalue weighted by atomic mass is 10.1. The molecule has 0 unspecified atom stereocenters. The molecule has 1 saturated heterocycles. The largest absolute Gasteiger partial charge is 0.462 e. The molecule has 0 aromatic heterocycles. The van der Waals surface area contributed by atoms with Gasteiger partial charge in [-0.3, -0.25) is 0 Å². The third kappa shape index (κ3) is 3.05. The molecule has 3 nitrogen and oxygen atoms in total. The molecular weight excluding hydrogens is 156 g/mol. The zero-order valence-electron chi connectivity index (χ0n) is 7.29. The molecule has 0 spiro atoms. The lowest BCUT2D eigenvalue weighted by Crippen LogP contribution is -2.32. The second kappa shape index (κ2) is 4.93. The number of carbonyl (C=O) groups excluding carboxylic acids is 1. The number of hydrogen-bond acceptors (Lipinski definition) is 3. The molecule has 0 amide bonds. The first kappa shape index (κ1) is 9.26. The van der Waals surface area contributed by atoms with E-state index in [1.807, 2.05) is 6.92 Å². The number of carbonyl (C=O) groups is 1. The van der Waals surface area contributed by atoms with Crippen LogP contribution in [0.3, 0.4) is 0 Å². The standard InChI is InChI=1S/C9H14O3/c1-2-3-4-9(10)12-7-8-5-11-6-8/h3-4,8H,2,5-7H2,1H3. The Kier molecular flexibility index (Phi) is 3.80. The van der Waals surface area contributed by atoms with Gasteiger partial charge < -0.3 is 9.47 Å². The number of rotatable bonds is 4. The van der Waals surface area contributed by atoms with E-state index in [4.69, 9.17) is 9.47 Å². The molecule has 1 aliphatic heterocycles. The summed E-state index contributed by atoms with van der Waals surface area (Å²) in [5, 5.41) is 0. The molecule has 0 aromatic rings. The molecule has 0 aromatic carbocycles. The van der Waals surface area contributed by atoms with Crippen LogP contribution in [0.2, 0.25) is 0 Å². The highest BCUT2D eigenvalue weighted by molar-refractivity contribution is 5.81. The summed E-state index contributed by atoms with van der Waals surface area (Å²) in [5.74, 6) is 0.174. The van der Waals surface area contributed by atoms with Crippen molar-refractivity contribution in [2.24, 2.45) is 5.92 Å². The van der Waals surface area contributed by atoms with E-state index < -0.39 is 0 Å². The van der Waals surface area contributed by atoms with Gasteiger partial charge in [0, 0.05) is 12.0 Å². The van der Waals surface area contributed by atoms with Gasteiger partial charge in [0.05, 0.1) is 19.8 Å². The maximum Gasteiger partial charge on any atom is 0.330 e. The van der Waals surface area contributed by atoms with Crippen molar-refractivity contribution in [3.05, 3.63) is 12.2 Å². The lowest BCUT2D eigenvalue weighted by molar-refractivity contribution is -0.144. The van der Waals surface area contributed by atoms with Crippen molar-refractivity contribution in [1.82, 2.24) is 0 Å². The van der Waals surface area contributed by atoms with E-state index in [-0.39, 0.29) is 5.97 Å². The van der Waals surface area contributed by atoms with Crippen molar-refractivity contribution >= 4 is 5.97 Å². The Balaban J connectivity index is 2.05. The Bertz CT molecular complexity index is 171. The van der Waals surface area contributed by atoms with Crippen LogP contribution in [0.5, 0.6) is 0 Å². The summed E-state index contributed by atoms with van der Waals surface area (Å²) in [6.07, 6.45) is 4.13. The van der Waals surface area contributed by atoms with Crippen molar-refractivity contribution in [1.29, 1.82) is 0 Å². The minimum Gasteiger partial charge on any atom is -0.462 e. The maximum atomic E-state index is 10.9. The van der Waals surface area contributed by atoms with Crippen LogP contribution in [0.1, 0.15) is 13.3 Å². The number of allylic oxidation sites excluding steroid dienone is 1. The Labute approximate surface area is 72.4 Å². The normalized spacial score (nSPS) is 17.8. The second-order valence-electron chi connectivity index (χ2n) is 2.84. The zero-order chi connectivity index (χ0) is 8.81. The van der Waals surface area contributed by atoms with Crippen molar-refractivity contribution in [2.75, 3.05) is 19.8 Å². The summed E-state index contributed by atoms with van der Waals surface area (Å²) in [6, 6.07) is 0. The fraction of sp³-hybridized carbons (Fsp3) is 0.667. The predicted molar refractivity (Wildman–Crippen MR) is 44.7 cm³/mol. The number of hydrogen-bond donors (Lipinski definition) is 0. The van der Waals surface area contributed by atoms with Gasteiger partial charge in [-0.2, -0.15) is 0 Å².